The van der Waals surface area contributed by atoms with Gasteiger partial charge >= 0.3 is 0 Å². The van der Waals surface area contributed by atoms with E-state index in [-0.39, 0.29) is 6.04 Å². The SMILES string of the molecule is COc1ccc(CCC(N)c2ccc(C)o2)cc1. The molecule has 0 amide bonds. The van der Waals surface area contributed by atoms with Crippen molar-refractivity contribution in [2.45, 2.75) is 25.8 Å². The standard InChI is InChI=1S/C15H19NO2/c1-11-3-10-15(18-11)14(16)9-6-12-4-7-13(17-2)8-5-12/h3-5,7-8,10,14H,6,9,16H2,1-2H3. The summed E-state index contributed by atoms with van der Waals surface area (Å²) in [4.78, 5) is 0. The van der Waals surface area contributed by atoms with Gasteiger partial charge in [-0.1, -0.05) is 12.1 Å². The second-order valence-corrected chi connectivity index (χ2v) is 4.44. The molecule has 0 saturated carbocycles. The van der Waals surface area contributed by atoms with Crippen LogP contribution in [-0.4, -0.2) is 7.11 Å². The second-order valence-electron chi connectivity index (χ2n) is 4.44. The molecular weight excluding hydrogens is 226 g/mol. The van der Waals surface area contributed by atoms with Gasteiger partial charge in [-0.15, -0.1) is 0 Å². The summed E-state index contributed by atoms with van der Waals surface area (Å²) in [6, 6.07) is 11.9. The smallest absolute Gasteiger partial charge is 0.120 e. The lowest BCUT2D eigenvalue weighted by Crippen LogP contribution is -2.10. The maximum absolute atomic E-state index is 6.09. The Bertz CT molecular complexity index is 487. The fourth-order valence-corrected chi connectivity index (χ4v) is 1.91. The average Bonchev–Trinajstić information content (AvgIpc) is 2.83. The van der Waals surface area contributed by atoms with E-state index in [1.165, 1.54) is 5.56 Å². The quantitative estimate of drug-likeness (QED) is 0.879. The highest BCUT2D eigenvalue weighted by Crippen LogP contribution is 2.20. The summed E-state index contributed by atoms with van der Waals surface area (Å²) in [6.45, 7) is 1.93. The summed E-state index contributed by atoms with van der Waals surface area (Å²) < 4.78 is 10.7. The molecule has 2 N–H and O–H groups in total. The zero-order valence-corrected chi connectivity index (χ0v) is 10.8. The van der Waals surface area contributed by atoms with Crippen molar-refractivity contribution >= 4 is 0 Å². The van der Waals surface area contributed by atoms with Crippen molar-refractivity contribution in [2.24, 2.45) is 5.73 Å². The van der Waals surface area contributed by atoms with E-state index in [9.17, 15) is 0 Å². The summed E-state index contributed by atoms with van der Waals surface area (Å²) in [6.07, 6.45) is 1.81. The first-order valence-corrected chi connectivity index (χ1v) is 6.14. The summed E-state index contributed by atoms with van der Waals surface area (Å²) >= 11 is 0. The van der Waals surface area contributed by atoms with Crippen LogP contribution in [0.3, 0.4) is 0 Å². The van der Waals surface area contributed by atoms with Crippen LogP contribution in [0.5, 0.6) is 5.75 Å². The molecule has 0 saturated heterocycles. The molecule has 96 valence electrons. The number of furan rings is 1. The summed E-state index contributed by atoms with van der Waals surface area (Å²) in [7, 11) is 1.67. The highest BCUT2D eigenvalue weighted by molar-refractivity contribution is 5.27. The molecule has 2 aromatic rings. The van der Waals surface area contributed by atoms with Crippen molar-refractivity contribution in [3.8, 4) is 5.75 Å². The molecule has 1 aromatic heterocycles. The van der Waals surface area contributed by atoms with Crippen LogP contribution in [-0.2, 0) is 6.42 Å². The molecule has 0 aliphatic rings. The van der Waals surface area contributed by atoms with Crippen LogP contribution in [0, 0.1) is 6.92 Å². The van der Waals surface area contributed by atoms with Gasteiger partial charge in [-0.05, 0) is 49.6 Å². The predicted octanol–water partition coefficient (Wildman–Crippen LogP) is 3.23. The lowest BCUT2D eigenvalue weighted by molar-refractivity contribution is 0.414. The lowest BCUT2D eigenvalue weighted by Gasteiger charge is -2.09. The van der Waals surface area contributed by atoms with Gasteiger partial charge in [0.1, 0.15) is 17.3 Å². The Balaban J connectivity index is 1.90. The van der Waals surface area contributed by atoms with Crippen LogP contribution in [0.4, 0.5) is 0 Å². The Labute approximate surface area is 108 Å². The van der Waals surface area contributed by atoms with Crippen LogP contribution in [0.25, 0.3) is 0 Å². The number of ether oxygens (including phenoxy) is 1. The first kappa shape index (κ1) is 12.7. The van der Waals surface area contributed by atoms with Crippen LogP contribution in [0.15, 0.2) is 40.8 Å². The van der Waals surface area contributed by atoms with E-state index in [0.29, 0.717) is 0 Å². The Kier molecular flexibility index (Phi) is 4.05. The van der Waals surface area contributed by atoms with E-state index in [2.05, 4.69) is 12.1 Å². The molecular formula is C15H19NO2. The third-order valence-electron chi connectivity index (χ3n) is 3.03. The van der Waals surface area contributed by atoms with Crippen molar-refractivity contribution in [1.29, 1.82) is 0 Å². The molecule has 2 rings (SSSR count). The van der Waals surface area contributed by atoms with Crippen molar-refractivity contribution < 1.29 is 9.15 Å². The third-order valence-corrected chi connectivity index (χ3v) is 3.03. The van der Waals surface area contributed by atoms with Gasteiger partial charge in [-0.3, -0.25) is 0 Å². The van der Waals surface area contributed by atoms with E-state index in [4.69, 9.17) is 14.9 Å². The predicted molar refractivity (Wildman–Crippen MR) is 71.7 cm³/mol. The number of rotatable bonds is 5. The normalized spacial score (nSPS) is 12.4. The largest absolute Gasteiger partial charge is 0.497 e. The molecule has 1 heterocycles. The minimum atomic E-state index is -0.0409. The molecule has 0 aliphatic carbocycles. The summed E-state index contributed by atoms with van der Waals surface area (Å²) in [5.74, 6) is 2.65. The molecule has 0 bridgehead atoms. The van der Waals surface area contributed by atoms with Gasteiger partial charge in [0.15, 0.2) is 0 Å². The minimum Gasteiger partial charge on any atom is -0.497 e. The van der Waals surface area contributed by atoms with Gasteiger partial charge in [0.05, 0.1) is 13.2 Å². The van der Waals surface area contributed by atoms with Gasteiger partial charge in [0.25, 0.3) is 0 Å². The number of methoxy groups -OCH3 is 1. The van der Waals surface area contributed by atoms with Crippen molar-refractivity contribution in [3.63, 3.8) is 0 Å². The molecule has 1 atom stereocenters. The van der Waals surface area contributed by atoms with Crippen molar-refractivity contribution in [1.82, 2.24) is 0 Å². The fraction of sp³-hybridized carbons (Fsp3) is 0.333. The highest BCUT2D eigenvalue weighted by atomic mass is 16.5. The number of benzene rings is 1. The molecule has 18 heavy (non-hydrogen) atoms. The van der Waals surface area contributed by atoms with E-state index in [1.807, 2.05) is 31.2 Å². The topological polar surface area (TPSA) is 48.4 Å². The van der Waals surface area contributed by atoms with Crippen molar-refractivity contribution in [3.05, 3.63) is 53.5 Å². The molecule has 1 unspecified atom stereocenters. The Morgan fingerprint density at radius 2 is 1.89 bits per heavy atom. The van der Waals surface area contributed by atoms with Gasteiger partial charge in [-0.25, -0.2) is 0 Å². The van der Waals surface area contributed by atoms with Crippen LogP contribution < -0.4 is 10.5 Å². The second kappa shape index (κ2) is 5.74. The van der Waals surface area contributed by atoms with E-state index >= 15 is 0 Å². The maximum atomic E-state index is 6.09. The van der Waals surface area contributed by atoms with Crippen LogP contribution in [0.2, 0.25) is 0 Å². The molecule has 1 aromatic carbocycles. The molecule has 3 nitrogen and oxygen atoms in total. The van der Waals surface area contributed by atoms with Gasteiger partial charge in [0, 0.05) is 0 Å². The first-order chi connectivity index (χ1) is 8.69. The Morgan fingerprint density at radius 1 is 1.17 bits per heavy atom. The third kappa shape index (κ3) is 3.14. The van der Waals surface area contributed by atoms with Gasteiger partial charge < -0.3 is 14.9 Å². The minimum absolute atomic E-state index is 0.0409. The molecule has 0 radical (unpaired) electrons. The molecule has 0 spiro atoms. The summed E-state index contributed by atoms with van der Waals surface area (Å²) in [5.41, 5.74) is 7.35. The Morgan fingerprint density at radius 3 is 2.44 bits per heavy atom. The van der Waals surface area contributed by atoms with Gasteiger partial charge in [-0.2, -0.15) is 0 Å². The van der Waals surface area contributed by atoms with Crippen LogP contribution >= 0.6 is 0 Å². The summed E-state index contributed by atoms with van der Waals surface area (Å²) in [5, 5.41) is 0. The zero-order valence-electron chi connectivity index (χ0n) is 10.8. The van der Waals surface area contributed by atoms with E-state index < -0.39 is 0 Å². The molecule has 0 aliphatic heterocycles. The average molecular weight is 245 g/mol. The maximum Gasteiger partial charge on any atom is 0.120 e. The van der Waals surface area contributed by atoms with E-state index in [0.717, 1.165) is 30.1 Å². The highest BCUT2D eigenvalue weighted by Gasteiger charge is 2.09. The molecule has 0 fully saturated rings. The fourth-order valence-electron chi connectivity index (χ4n) is 1.91. The number of nitrogens with two attached hydrogens (primary N) is 1. The lowest BCUT2D eigenvalue weighted by atomic mass is 10.0. The monoisotopic (exact) mass is 245 g/mol. The van der Waals surface area contributed by atoms with E-state index in [1.54, 1.807) is 7.11 Å². The number of hydrogen-bond donors (Lipinski definition) is 1. The molecule has 3 heteroatoms. The first-order valence-electron chi connectivity index (χ1n) is 6.14. The van der Waals surface area contributed by atoms with Crippen molar-refractivity contribution in [2.75, 3.05) is 7.11 Å². The van der Waals surface area contributed by atoms with Gasteiger partial charge in [0.2, 0.25) is 0 Å². The van der Waals surface area contributed by atoms with Crippen LogP contribution in [0.1, 0.15) is 29.5 Å². The zero-order chi connectivity index (χ0) is 13.0. The number of hydrogen-bond acceptors (Lipinski definition) is 3. The number of aryl methyl sites for hydroxylation is 2. The Hall–Kier alpha value is -1.74.